The first kappa shape index (κ1) is 24.5. The van der Waals surface area contributed by atoms with E-state index in [4.69, 9.17) is 9.16 Å². The number of aromatic nitrogens is 1. The largest absolute Gasteiger partial charge is 0.410 e. The Morgan fingerprint density at radius 2 is 1.94 bits per heavy atom. The number of nitrogens with zero attached hydrogens (tertiary/aromatic N) is 2. The molecule has 174 valence electrons. The van der Waals surface area contributed by atoms with Gasteiger partial charge in [-0.1, -0.05) is 51.1 Å². The van der Waals surface area contributed by atoms with Crippen LogP contribution in [0.2, 0.25) is 18.1 Å². The lowest BCUT2D eigenvalue weighted by atomic mass is 9.92. The lowest BCUT2D eigenvalue weighted by molar-refractivity contribution is -0.386. The molecule has 0 amide bonds. The summed E-state index contributed by atoms with van der Waals surface area (Å²) in [6, 6.07) is 11.9. The molecule has 1 aliphatic rings. The van der Waals surface area contributed by atoms with E-state index in [0.29, 0.717) is 18.5 Å². The Morgan fingerprint density at radius 1 is 1.25 bits per heavy atom. The highest BCUT2D eigenvalue weighted by molar-refractivity contribution is 6.74. The third-order valence-electron chi connectivity index (χ3n) is 6.73. The van der Waals surface area contributed by atoms with Crippen molar-refractivity contribution in [3.05, 3.63) is 70.0 Å². The lowest BCUT2D eigenvalue weighted by Crippen LogP contribution is -2.57. The Hall–Kier alpha value is -2.13. The molecule has 8 heteroatoms. The first-order chi connectivity index (χ1) is 15.0. The van der Waals surface area contributed by atoms with Crippen LogP contribution in [-0.4, -0.2) is 36.5 Å². The van der Waals surface area contributed by atoms with Gasteiger partial charge in [0.2, 0.25) is 0 Å². The molecule has 2 aromatic rings. The molecule has 1 saturated heterocycles. The standard InChI is InChI=1S/C24H35N3O4Si/c1-17-23(31-32(5,6)24(2,3)4)20(26-15-18-10-8-7-9-11-18)14-22(30-17)19-12-13-25-16-21(19)27(28)29/h7-13,16-17,20,22-23,26H,14-15H2,1-6H3. The number of hydrogen-bond acceptors (Lipinski definition) is 6. The Bertz CT molecular complexity index is 917. The molecule has 4 unspecified atom stereocenters. The molecule has 32 heavy (non-hydrogen) atoms. The second kappa shape index (κ2) is 9.78. The summed E-state index contributed by atoms with van der Waals surface area (Å²) in [6.45, 7) is 13.9. The van der Waals surface area contributed by atoms with Gasteiger partial charge in [0.1, 0.15) is 6.20 Å². The maximum absolute atomic E-state index is 11.6. The zero-order chi connectivity index (χ0) is 23.5. The van der Waals surface area contributed by atoms with E-state index >= 15 is 0 Å². The molecule has 1 aromatic carbocycles. The van der Waals surface area contributed by atoms with Crippen molar-refractivity contribution in [2.45, 2.75) is 83.1 Å². The SMILES string of the molecule is CC1OC(c2ccncc2[N+](=O)[O-])CC(NCc2ccccc2)C1O[Si](C)(C)C(C)(C)C. The quantitative estimate of drug-likeness (QED) is 0.341. The molecule has 0 radical (unpaired) electrons. The minimum absolute atomic E-state index is 0.00438. The number of nitro groups is 1. The minimum atomic E-state index is -2.05. The van der Waals surface area contributed by atoms with Crippen LogP contribution in [0.1, 0.15) is 51.3 Å². The summed E-state index contributed by atoms with van der Waals surface area (Å²) < 4.78 is 13.2. The van der Waals surface area contributed by atoms with Gasteiger partial charge in [-0.05, 0) is 43.1 Å². The monoisotopic (exact) mass is 457 g/mol. The lowest BCUT2D eigenvalue weighted by Gasteiger charge is -2.47. The van der Waals surface area contributed by atoms with E-state index < -0.39 is 14.4 Å². The van der Waals surface area contributed by atoms with E-state index in [1.165, 1.54) is 11.8 Å². The molecule has 1 fully saturated rings. The molecule has 7 nitrogen and oxygen atoms in total. The maximum Gasteiger partial charge on any atom is 0.293 e. The minimum Gasteiger partial charge on any atom is -0.410 e. The van der Waals surface area contributed by atoms with Crippen LogP contribution in [-0.2, 0) is 15.7 Å². The summed E-state index contributed by atoms with van der Waals surface area (Å²) >= 11 is 0. The van der Waals surface area contributed by atoms with Gasteiger partial charge in [0.25, 0.3) is 5.69 Å². The molecule has 1 aromatic heterocycles. The van der Waals surface area contributed by atoms with Gasteiger partial charge >= 0.3 is 0 Å². The molecule has 2 heterocycles. The van der Waals surface area contributed by atoms with Gasteiger partial charge in [-0.2, -0.15) is 0 Å². The molecule has 4 atom stereocenters. The molecule has 0 spiro atoms. The number of benzene rings is 1. The zero-order valence-electron chi connectivity index (χ0n) is 19.9. The van der Waals surface area contributed by atoms with Crippen molar-refractivity contribution in [3.8, 4) is 0 Å². The number of rotatable bonds is 7. The van der Waals surface area contributed by atoms with E-state index in [9.17, 15) is 10.1 Å². The van der Waals surface area contributed by atoms with Crippen LogP contribution in [0.3, 0.4) is 0 Å². The third kappa shape index (κ3) is 5.61. The summed E-state index contributed by atoms with van der Waals surface area (Å²) in [7, 11) is -2.05. The Kier molecular flexibility index (Phi) is 7.49. The van der Waals surface area contributed by atoms with Gasteiger partial charge < -0.3 is 14.5 Å². The molecule has 0 bridgehead atoms. The first-order valence-electron chi connectivity index (χ1n) is 11.2. The van der Waals surface area contributed by atoms with E-state index in [0.717, 1.165) is 0 Å². The van der Waals surface area contributed by atoms with E-state index in [1.54, 1.807) is 12.3 Å². The van der Waals surface area contributed by atoms with Gasteiger partial charge in [0.15, 0.2) is 8.32 Å². The molecule has 1 aliphatic heterocycles. The Balaban J connectivity index is 1.88. The third-order valence-corrected chi connectivity index (χ3v) is 11.2. The predicted octanol–water partition coefficient (Wildman–Crippen LogP) is 5.39. The summed E-state index contributed by atoms with van der Waals surface area (Å²) in [4.78, 5) is 15.1. The van der Waals surface area contributed by atoms with Crippen LogP contribution in [0.5, 0.6) is 0 Å². The van der Waals surface area contributed by atoms with E-state index in [1.807, 2.05) is 25.1 Å². The van der Waals surface area contributed by atoms with Crippen LogP contribution >= 0.6 is 0 Å². The number of hydrogen-bond donors (Lipinski definition) is 1. The van der Waals surface area contributed by atoms with Crippen LogP contribution in [0.15, 0.2) is 48.8 Å². The summed E-state index contributed by atoms with van der Waals surface area (Å²) in [5.41, 5.74) is 1.74. The van der Waals surface area contributed by atoms with Crippen molar-refractivity contribution in [2.75, 3.05) is 0 Å². The Labute approximate surface area is 191 Å². The second-order valence-electron chi connectivity index (χ2n) is 10.1. The smallest absolute Gasteiger partial charge is 0.293 e. The number of pyridine rings is 1. The highest BCUT2D eigenvalue weighted by Gasteiger charge is 2.46. The van der Waals surface area contributed by atoms with Crippen molar-refractivity contribution < 1.29 is 14.1 Å². The van der Waals surface area contributed by atoms with E-state index in [-0.39, 0.29) is 33.9 Å². The predicted molar refractivity (Wildman–Crippen MR) is 128 cm³/mol. The van der Waals surface area contributed by atoms with Crippen molar-refractivity contribution in [2.24, 2.45) is 0 Å². The summed E-state index contributed by atoms with van der Waals surface area (Å²) in [5, 5.41) is 15.3. The van der Waals surface area contributed by atoms with Crippen molar-refractivity contribution in [3.63, 3.8) is 0 Å². The maximum atomic E-state index is 11.6. The number of ether oxygens (including phenoxy) is 1. The van der Waals surface area contributed by atoms with Crippen LogP contribution < -0.4 is 5.32 Å². The van der Waals surface area contributed by atoms with E-state index in [2.05, 4.69) is 56.3 Å². The summed E-state index contributed by atoms with van der Waals surface area (Å²) in [5.74, 6) is 0. The summed E-state index contributed by atoms with van der Waals surface area (Å²) in [6.07, 6.45) is 2.71. The fourth-order valence-corrected chi connectivity index (χ4v) is 5.24. The second-order valence-corrected chi connectivity index (χ2v) is 14.8. The topological polar surface area (TPSA) is 86.5 Å². The van der Waals surface area contributed by atoms with Crippen LogP contribution in [0, 0.1) is 10.1 Å². The van der Waals surface area contributed by atoms with Gasteiger partial charge in [-0.3, -0.25) is 15.1 Å². The van der Waals surface area contributed by atoms with Gasteiger partial charge in [-0.25, -0.2) is 0 Å². The molecule has 3 rings (SSSR count). The Morgan fingerprint density at radius 3 is 2.56 bits per heavy atom. The fraction of sp³-hybridized carbons (Fsp3) is 0.542. The van der Waals surface area contributed by atoms with Crippen LogP contribution in [0.25, 0.3) is 0 Å². The highest BCUT2D eigenvalue weighted by Crippen LogP contribution is 2.42. The van der Waals surface area contributed by atoms with Crippen LogP contribution in [0.4, 0.5) is 5.69 Å². The van der Waals surface area contributed by atoms with Gasteiger partial charge in [-0.15, -0.1) is 0 Å². The number of nitrogens with one attached hydrogen (secondary N) is 1. The fourth-order valence-electron chi connectivity index (χ4n) is 3.85. The van der Waals surface area contributed by atoms with Crippen molar-refractivity contribution in [1.29, 1.82) is 0 Å². The molecule has 1 N–H and O–H groups in total. The van der Waals surface area contributed by atoms with Gasteiger partial charge in [0.05, 0.1) is 28.8 Å². The molecular formula is C24H35N3O4Si. The first-order valence-corrected chi connectivity index (χ1v) is 14.1. The molecule has 0 aliphatic carbocycles. The molecular weight excluding hydrogens is 422 g/mol. The van der Waals surface area contributed by atoms with Crippen molar-refractivity contribution in [1.82, 2.24) is 10.3 Å². The average Bonchev–Trinajstić information content (AvgIpc) is 2.73. The zero-order valence-corrected chi connectivity index (χ0v) is 20.9. The molecule has 0 saturated carbocycles. The highest BCUT2D eigenvalue weighted by atomic mass is 28.4. The van der Waals surface area contributed by atoms with Crippen molar-refractivity contribution >= 4 is 14.0 Å². The average molecular weight is 458 g/mol. The normalized spacial score (nSPS) is 24.3. The van der Waals surface area contributed by atoms with Gasteiger partial charge in [0, 0.05) is 18.8 Å².